The SMILES string of the molecule is CNCCC(=O)Nc1ccccc1SC(F)F. The Balaban J connectivity index is 2.66. The van der Waals surface area contributed by atoms with E-state index in [0.29, 0.717) is 35.3 Å². The maximum atomic E-state index is 12.3. The lowest BCUT2D eigenvalue weighted by Gasteiger charge is -2.10. The summed E-state index contributed by atoms with van der Waals surface area (Å²) in [6.45, 7) is 0.552. The number of amides is 1. The van der Waals surface area contributed by atoms with Gasteiger partial charge in [-0.25, -0.2) is 0 Å². The molecule has 0 saturated heterocycles. The Kier molecular flexibility index (Phi) is 5.93. The molecular formula is C11H14F2N2OS. The van der Waals surface area contributed by atoms with E-state index in [1.54, 1.807) is 31.3 Å². The first kappa shape index (κ1) is 13.9. The molecule has 0 aliphatic heterocycles. The molecule has 0 aromatic heterocycles. The van der Waals surface area contributed by atoms with E-state index in [1.165, 1.54) is 0 Å². The lowest BCUT2D eigenvalue weighted by molar-refractivity contribution is -0.116. The summed E-state index contributed by atoms with van der Waals surface area (Å²) in [6.07, 6.45) is 0.310. The third-order valence-corrected chi connectivity index (χ3v) is 2.77. The third kappa shape index (κ3) is 5.14. The average molecular weight is 260 g/mol. The zero-order valence-corrected chi connectivity index (χ0v) is 10.2. The molecule has 0 fully saturated rings. The van der Waals surface area contributed by atoms with Crippen LogP contribution < -0.4 is 10.6 Å². The number of anilines is 1. The molecule has 6 heteroatoms. The van der Waals surface area contributed by atoms with E-state index in [-0.39, 0.29) is 5.91 Å². The number of nitrogens with one attached hydrogen (secondary N) is 2. The Bertz CT molecular complexity index is 374. The number of halogens is 2. The van der Waals surface area contributed by atoms with Crippen LogP contribution in [0, 0.1) is 0 Å². The molecule has 0 aliphatic carbocycles. The van der Waals surface area contributed by atoms with Crippen molar-refractivity contribution >= 4 is 23.4 Å². The van der Waals surface area contributed by atoms with Crippen molar-refractivity contribution in [2.45, 2.75) is 17.1 Å². The number of benzene rings is 1. The summed E-state index contributed by atoms with van der Waals surface area (Å²) in [5.41, 5.74) is 0.430. The molecule has 0 aliphatic rings. The standard InChI is InChI=1S/C11H14F2N2OS/c1-14-7-6-10(16)15-8-4-2-3-5-9(8)17-11(12)13/h2-5,11,14H,6-7H2,1H3,(H,15,16). The van der Waals surface area contributed by atoms with Crippen LogP contribution >= 0.6 is 11.8 Å². The van der Waals surface area contributed by atoms with Gasteiger partial charge in [0.05, 0.1) is 5.69 Å². The van der Waals surface area contributed by atoms with Crippen molar-refractivity contribution in [3.8, 4) is 0 Å². The molecule has 3 nitrogen and oxygen atoms in total. The van der Waals surface area contributed by atoms with Crippen LogP contribution in [0.1, 0.15) is 6.42 Å². The summed E-state index contributed by atoms with van der Waals surface area (Å²) in [5.74, 6) is -2.69. The van der Waals surface area contributed by atoms with E-state index in [0.717, 1.165) is 0 Å². The Morgan fingerprint density at radius 3 is 2.76 bits per heavy atom. The van der Waals surface area contributed by atoms with Gasteiger partial charge in [0.15, 0.2) is 0 Å². The number of rotatable bonds is 6. The first-order valence-corrected chi connectivity index (χ1v) is 5.99. The quantitative estimate of drug-likeness (QED) is 0.772. The van der Waals surface area contributed by atoms with Crippen LogP contribution in [0.5, 0.6) is 0 Å². The summed E-state index contributed by atoms with van der Waals surface area (Å²) in [4.78, 5) is 11.8. The van der Waals surface area contributed by atoms with Crippen molar-refractivity contribution in [3.05, 3.63) is 24.3 Å². The van der Waals surface area contributed by atoms with Crippen LogP contribution in [0.2, 0.25) is 0 Å². The average Bonchev–Trinajstić information content (AvgIpc) is 2.28. The molecule has 1 rings (SSSR count). The first-order valence-electron chi connectivity index (χ1n) is 5.11. The summed E-state index contributed by atoms with van der Waals surface area (Å²) in [6, 6.07) is 6.53. The molecule has 0 spiro atoms. The number of hydrogen-bond donors (Lipinski definition) is 2. The predicted octanol–water partition coefficient (Wildman–Crippen LogP) is 2.55. The van der Waals surface area contributed by atoms with E-state index >= 15 is 0 Å². The second-order valence-electron chi connectivity index (χ2n) is 3.28. The second kappa shape index (κ2) is 7.24. The van der Waals surface area contributed by atoms with E-state index in [1.807, 2.05) is 0 Å². The number of para-hydroxylation sites is 1. The van der Waals surface area contributed by atoms with Gasteiger partial charge in [0.1, 0.15) is 0 Å². The molecule has 0 radical (unpaired) electrons. The molecular weight excluding hydrogens is 246 g/mol. The Labute approximate surface area is 103 Å². The van der Waals surface area contributed by atoms with Crippen molar-refractivity contribution < 1.29 is 13.6 Å². The topological polar surface area (TPSA) is 41.1 Å². The normalized spacial score (nSPS) is 10.6. The van der Waals surface area contributed by atoms with E-state index in [9.17, 15) is 13.6 Å². The molecule has 1 aromatic rings. The fourth-order valence-electron chi connectivity index (χ4n) is 1.22. The Morgan fingerprint density at radius 1 is 1.41 bits per heavy atom. The largest absolute Gasteiger partial charge is 0.325 e. The number of thioether (sulfide) groups is 1. The molecule has 2 N–H and O–H groups in total. The van der Waals surface area contributed by atoms with Gasteiger partial charge in [0.2, 0.25) is 5.91 Å². The highest BCUT2D eigenvalue weighted by Gasteiger charge is 2.11. The Morgan fingerprint density at radius 2 is 2.12 bits per heavy atom. The van der Waals surface area contributed by atoms with Gasteiger partial charge in [-0.15, -0.1) is 0 Å². The van der Waals surface area contributed by atoms with Crippen LogP contribution in [0.4, 0.5) is 14.5 Å². The van der Waals surface area contributed by atoms with Gasteiger partial charge >= 0.3 is 0 Å². The fourth-order valence-corrected chi connectivity index (χ4v) is 1.82. The van der Waals surface area contributed by atoms with Crippen LogP contribution in [0.15, 0.2) is 29.2 Å². The van der Waals surface area contributed by atoms with Crippen molar-refractivity contribution in [3.63, 3.8) is 0 Å². The smallest absolute Gasteiger partial charge is 0.288 e. The number of hydrogen-bond acceptors (Lipinski definition) is 3. The molecule has 17 heavy (non-hydrogen) atoms. The first-order chi connectivity index (χ1) is 8.13. The zero-order chi connectivity index (χ0) is 12.7. The van der Waals surface area contributed by atoms with Gasteiger partial charge in [-0.1, -0.05) is 23.9 Å². The molecule has 94 valence electrons. The van der Waals surface area contributed by atoms with Gasteiger partial charge < -0.3 is 10.6 Å². The maximum Gasteiger partial charge on any atom is 0.288 e. The highest BCUT2D eigenvalue weighted by Crippen LogP contribution is 2.31. The molecule has 1 aromatic carbocycles. The summed E-state index contributed by atoms with van der Waals surface area (Å²) < 4.78 is 24.6. The van der Waals surface area contributed by atoms with Gasteiger partial charge in [-0.05, 0) is 19.2 Å². The fraction of sp³-hybridized carbons (Fsp3) is 0.364. The van der Waals surface area contributed by atoms with Crippen molar-refractivity contribution in [1.82, 2.24) is 5.32 Å². The van der Waals surface area contributed by atoms with Crippen molar-refractivity contribution in [1.29, 1.82) is 0 Å². The van der Waals surface area contributed by atoms with Crippen molar-refractivity contribution in [2.24, 2.45) is 0 Å². The zero-order valence-electron chi connectivity index (χ0n) is 9.37. The van der Waals surface area contributed by atoms with Gasteiger partial charge in [-0.3, -0.25) is 4.79 Å². The minimum Gasteiger partial charge on any atom is -0.325 e. The predicted molar refractivity (Wildman–Crippen MR) is 65.5 cm³/mol. The lowest BCUT2D eigenvalue weighted by atomic mass is 10.3. The molecule has 0 bridgehead atoms. The van der Waals surface area contributed by atoms with Crippen molar-refractivity contribution in [2.75, 3.05) is 18.9 Å². The van der Waals surface area contributed by atoms with Crippen LogP contribution in [0.3, 0.4) is 0 Å². The van der Waals surface area contributed by atoms with Gasteiger partial charge in [-0.2, -0.15) is 8.78 Å². The van der Waals surface area contributed by atoms with Gasteiger partial charge in [0.25, 0.3) is 5.76 Å². The van der Waals surface area contributed by atoms with Crippen LogP contribution in [-0.2, 0) is 4.79 Å². The highest BCUT2D eigenvalue weighted by molar-refractivity contribution is 7.99. The minimum atomic E-state index is -2.50. The summed E-state index contributed by atoms with van der Waals surface area (Å²) in [7, 11) is 1.74. The summed E-state index contributed by atoms with van der Waals surface area (Å²) >= 11 is 0.427. The molecule has 0 atom stereocenters. The van der Waals surface area contributed by atoms with Crippen LogP contribution in [0.25, 0.3) is 0 Å². The molecule has 0 heterocycles. The molecule has 1 amide bonds. The summed E-state index contributed by atoms with van der Waals surface area (Å²) in [5, 5.41) is 5.46. The van der Waals surface area contributed by atoms with E-state index in [4.69, 9.17) is 0 Å². The third-order valence-electron chi connectivity index (χ3n) is 1.98. The Hall–Kier alpha value is -1.14. The molecule has 0 unspecified atom stereocenters. The van der Waals surface area contributed by atoms with E-state index < -0.39 is 5.76 Å². The number of carbonyl (C=O) groups excluding carboxylic acids is 1. The lowest BCUT2D eigenvalue weighted by Crippen LogP contribution is -2.19. The molecule has 0 saturated carbocycles. The number of carbonyl (C=O) groups is 1. The highest BCUT2D eigenvalue weighted by atomic mass is 32.2. The minimum absolute atomic E-state index is 0.193. The second-order valence-corrected chi connectivity index (χ2v) is 4.31. The monoisotopic (exact) mass is 260 g/mol. The maximum absolute atomic E-state index is 12.3. The van der Waals surface area contributed by atoms with E-state index in [2.05, 4.69) is 10.6 Å². The van der Waals surface area contributed by atoms with Gasteiger partial charge in [0, 0.05) is 17.9 Å². The number of alkyl halides is 2. The van der Waals surface area contributed by atoms with Crippen LogP contribution in [-0.4, -0.2) is 25.3 Å².